The molecule has 1 aromatic heterocycles. The molecule has 3 nitrogen and oxygen atoms in total. The Labute approximate surface area is 99.6 Å². The molecule has 0 aliphatic rings. The first-order chi connectivity index (χ1) is 7.92. The first kappa shape index (κ1) is 11.4. The third kappa shape index (κ3) is 2.71. The fourth-order valence-electron chi connectivity index (χ4n) is 1.59. The number of benzene rings is 1. The van der Waals surface area contributed by atoms with E-state index in [0.29, 0.717) is 0 Å². The average molecular weight is 236 g/mol. The number of unbranched alkanes of at least 4 members (excludes halogenated alkanes) is 1. The van der Waals surface area contributed by atoms with Crippen LogP contribution in [0.4, 0.5) is 5.00 Å². The second-order valence-corrected chi connectivity index (χ2v) is 4.43. The van der Waals surface area contributed by atoms with E-state index in [1.165, 1.54) is 21.9 Å². The first-order valence-corrected chi connectivity index (χ1v) is 6.26. The third-order valence-electron chi connectivity index (χ3n) is 2.44. The zero-order valence-electron chi connectivity index (χ0n) is 9.40. The van der Waals surface area contributed by atoms with Crippen LogP contribution in [0.3, 0.4) is 0 Å². The van der Waals surface area contributed by atoms with Crippen LogP contribution < -0.4 is 5.32 Å². The van der Waals surface area contributed by atoms with Crippen molar-refractivity contribution in [2.75, 3.05) is 25.6 Å². The van der Waals surface area contributed by atoms with Crippen molar-refractivity contribution in [2.24, 2.45) is 0 Å². The lowest BCUT2D eigenvalue weighted by Crippen LogP contribution is -2.01. The van der Waals surface area contributed by atoms with Crippen LogP contribution in [0.15, 0.2) is 24.3 Å². The Hall–Kier alpha value is -1.13. The lowest BCUT2D eigenvalue weighted by Gasteiger charge is -2.03. The molecule has 1 aromatic carbocycles. The second kappa shape index (κ2) is 5.82. The van der Waals surface area contributed by atoms with Crippen molar-refractivity contribution in [1.29, 1.82) is 0 Å². The van der Waals surface area contributed by atoms with Gasteiger partial charge in [0.25, 0.3) is 0 Å². The fourth-order valence-corrected chi connectivity index (χ4v) is 2.38. The van der Waals surface area contributed by atoms with E-state index < -0.39 is 0 Å². The van der Waals surface area contributed by atoms with Crippen LogP contribution in [0.5, 0.6) is 0 Å². The first-order valence-electron chi connectivity index (χ1n) is 5.49. The predicted octanol–water partition coefficient (Wildman–Crippen LogP) is 3.13. The highest BCUT2D eigenvalue weighted by molar-refractivity contribution is 7.11. The normalized spacial score (nSPS) is 10.8. The van der Waals surface area contributed by atoms with Crippen molar-refractivity contribution in [1.82, 2.24) is 4.37 Å². The van der Waals surface area contributed by atoms with Crippen molar-refractivity contribution in [2.45, 2.75) is 12.8 Å². The second-order valence-electron chi connectivity index (χ2n) is 3.66. The summed E-state index contributed by atoms with van der Waals surface area (Å²) < 4.78 is 9.40. The average Bonchev–Trinajstić information content (AvgIpc) is 2.73. The summed E-state index contributed by atoms with van der Waals surface area (Å²) >= 11 is 1.53. The molecule has 0 spiro atoms. The number of hydrogen-bond acceptors (Lipinski definition) is 4. The SMILES string of the molecule is COCCCCNc1snc2ccccc12. The van der Waals surface area contributed by atoms with Gasteiger partial charge in [0.15, 0.2) is 0 Å². The third-order valence-corrected chi connectivity index (χ3v) is 3.28. The molecule has 0 amide bonds. The van der Waals surface area contributed by atoms with Gasteiger partial charge in [-0.25, -0.2) is 0 Å². The van der Waals surface area contributed by atoms with Crippen LogP contribution in [0.25, 0.3) is 10.9 Å². The highest BCUT2D eigenvalue weighted by atomic mass is 32.1. The van der Waals surface area contributed by atoms with E-state index in [0.717, 1.165) is 31.5 Å². The number of nitrogens with one attached hydrogen (secondary N) is 1. The molecule has 0 saturated heterocycles. The van der Waals surface area contributed by atoms with E-state index in [-0.39, 0.29) is 0 Å². The summed E-state index contributed by atoms with van der Waals surface area (Å²) in [7, 11) is 1.74. The molecule has 0 bridgehead atoms. The van der Waals surface area contributed by atoms with Gasteiger partial charge in [0.2, 0.25) is 0 Å². The Morgan fingerprint density at radius 1 is 1.31 bits per heavy atom. The van der Waals surface area contributed by atoms with Crippen molar-refractivity contribution in [3.05, 3.63) is 24.3 Å². The van der Waals surface area contributed by atoms with E-state index in [1.807, 2.05) is 18.2 Å². The van der Waals surface area contributed by atoms with Gasteiger partial charge in [-0.15, -0.1) is 0 Å². The number of fused-ring (bicyclic) bond motifs is 1. The van der Waals surface area contributed by atoms with Gasteiger partial charge in [0.1, 0.15) is 5.00 Å². The summed E-state index contributed by atoms with van der Waals surface area (Å²) in [6, 6.07) is 8.22. The topological polar surface area (TPSA) is 34.1 Å². The molecule has 0 unspecified atom stereocenters. The van der Waals surface area contributed by atoms with Crippen LogP contribution in [-0.2, 0) is 4.74 Å². The number of nitrogens with zero attached hydrogens (tertiary/aromatic N) is 1. The van der Waals surface area contributed by atoms with Gasteiger partial charge in [-0.1, -0.05) is 12.1 Å². The smallest absolute Gasteiger partial charge is 0.117 e. The maximum absolute atomic E-state index is 5.01. The van der Waals surface area contributed by atoms with Crippen LogP contribution in [0.2, 0.25) is 0 Å². The lowest BCUT2D eigenvalue weighted by atomic mass is 10.2. The Bertz CT molecular complexity index is 441. The van der Waals surface area contributed by atoms with Gasteiger partial charge < -0.3 is 10.1 Å². The molecule has 4 heteroatoms. The summed E-state index contributed by atoms with van der Waals surface area (Å²) in [5.41, 5.74) is 1.08. The summed E-state index contributed by atoms with van der Waals surface area (Å²) in [5.74, 6) is 0. The molecule has 1 heterocycles. The molecule has 0 aliphatic carbocycles. The Balaban J connectivity index is 1.89. The molecule has 0 atom stereocenters. The molecular formula is C12H16N2OS. The van der Waals surface area contributed by atoms with Crippen molar-refractivity contribution in [3.8, 4) is 0 Å². The van der Waals surface area contributed by atoms with Crippen molar-refractivity contribution < 1.29 is 4.74 Å². The van der Waals surface area contributed by atoms with Crippen LogP contribution in [0.1, 0.15) is 12.8 Å². The number of rotatable bonds is 6. The van der Waals surface area contributed by atoms with Gasteiger partial charge >= 0.3 is 0 Å². The molecule has 16 heavy (non-hydrogen) atoms. The van der Waals surface area contributed by atoms with Gasteiger partial charge in [-0.3, -0.25) is 0 Å². The fraction of sp³-hybridized carbons (Fsp3) is 0.417. The molecule has 2 rings (SSSR count). The van der Waals surface area contributed by atoms with E-state index in [1.54, 1.807) is 7.11 Å². The molecule has 2 aromatic rings. The van der Waals surface area contributed by atoms with Gasteiger partial charge in [-0.05, 0) is 36.5 Å². The van der Waals surface area contributed by atoms with Crippen LogP contribution in [-0.4, -0.2) is 24.6 Å². The molecule has 0 fully saturated rings. The standard InChI is InChI=1S/C12H16N2OS/c1-15-9-5-4-8-13-12-10-6-2-3-7-11(10)14-16-12/h2-3,6-7,13H,4-5,8-9H2,1H3. The minimum absolute atomic E-state index is 0.838. The number of aromatic nitrogens is 1. The van der Waals surface area contributed by atoms with E-state index >= 15 is 0 Å². The highest BCUT2D eigenvalue weighted by Gasteiger charge is 2.03. The molecule has 86 valence electrons. The van der Waals surface area contributed by atoms with Crippen LogP contribution >= 0.6 is 11.5 Å². The maximum Gasteiger partial charge on any atom is 0.117 e. The molecule has 1 N–H and O–H groups in total. The van der Waals surface area contributed by atoms with Crippen molar-refractivity contribution in [3.63, 3.8) is 0 Å². The van der Waals surface area contributed by atoms with E-state index in [4.69, 9.17) is 4.74 Å². The van der Waals surface area contributed by atoms with E-state index in [9.17, 15) is 0 Å². The quantitative estimate of drug-likeness (QED) is 0.782. The molecular weight excluding hydrogens is 220 g/mol. The van der Waals surface area contributed by atoms with E-state index in [2.05, 4.69) is 15.8 Å². The highest BCUT2D eigenvalue weighted by Crippen LogP contribution is 2.26. The molecule has 0 saturated carbocycles. The largest absolute Gasteiger partial charge is 0.385 e. The predicted molar refractivity (Wildman–Crippen MR) is 69.2 cm³/mol. The monoisotopic (exact) mass is 236 g/mol. The minimum atomic E-state index is 0.838. The zero-order valence-corrected chi connectivity index (χ0v) is 10.2. The zero-order chi connectivity index (χ0) is 11.2. The molecule has 0 aliphatic heterocycles. The van der Waals surface area contributed by atoms with Crippen molar-refractivity contribution >= 4 is 27.4 Å². The Kier molecular flexibility index (Phi) is 4.13. The van der Waals surface area contributed by atoms with Gasteiger partial charge in [0.05, 0.1) is 5.52 Å². The van der Waals surface area contributed by atoms with Gasteiger partial charge in [0, 0.05) is 25.6 Å². The summed E-state index contributed by atoms with van der Waals surface area (Å²) in [6.07, 6.45) is 2.22. The number of ether oxygens (including phenoxy) is 1. The number of hydrogen-bond donors (Lipinski definition) is 1. The Morgan fingerprint density at radius 3 is 3.06 bits per heavy atom. The number of anilines is 1. The summed E-state index contributed by atoms with van der Waals surface area (Å²) in [5, 5.41) is 5.82. The lowest BCUT2D eigenvalue weighted by molar-refractivity contribution is 0.194. The minimum Gasteiger partial charge on any atom is -0.385 e. The van der Waals surface area contributed by atoms with Gasteiger partial charge in [-0.2, -0.15) is 4.37 Å². The molecule has 0 radical (unpaired) electrons. The Morgan fingerprint density at radius 2 is 2.19 bits per heavy atom. The maximum atomic E-state index is 5.01. The summed E-state index contributed by atoms with van der Waals surface area (Å²) in [4.78, 5) is 0. The van der Waals surface area contributed by atoms with Crippen LogP contribution in [0, 0.1) is 0 Å². The summed E-state index contributed by atoms with van der Waals surface area (Å²) in [6.45, 7) is 1.82. The number of methoxy groups -OCH3 is 1.